The number of aromatic nitrogens is 4. The molecule has 3 heterocycles. The molecule has 0 atom stereocenters. The fraction of sp³-hybridized carbons (Fsp3) is 0.0526. The van der Waals surface area contributed by atoms with Crippen molar-refractivity contribution in [1.29, 1.82) is 0 Å². The van der Waals surface area contributed by atoms with E-state index >= 15 is 0 Å². The van der Waals surface area contributed by atoms with Crippen LogP contribution in [-0.2, 0) is 5.41 Å². The van der Waals surface area contributed by atoms with Gasteiger partial charge in [-0.2, -0.15) is 0 Å². The molecule has 1 aliphatic carbocycles. The summed E-state index contributed by atoms with van der Waals surface area (Å²) in [6.45, 7) is 4.67. The molecular formula is C57H38N4. The number of hydrogen-bond acceptors (Lipinski definition) is 2. The summed E-state index contributed by atoms with van der Waals surface area (Å²) < 4.78 is 4.68. The highest BCUT2D eigenvalue weighted by Gasteiger charge is 2.35. The molecule has 0 unspecified atom stereocenters. The van der Waals surface area contributed by atoms with Gasteiger partial charge in [0.05, 0.1) is 33.3 Å². The number of para-hydroxylation sites is 3. The van der Waals surface area contributed by atoms with Gasteiger partial charge in [-0.05, 0) is 87.3 Å². The van der Waals surface area contributed by atoms with Crippen LogP contribution in [0.15, 0.2) is 194 Å². The molecule has 0 saturated carbocycles. The Hall–Kier alpha value is -7.82. The Labute approximate surface area is 352 Å². The minimum atomic E-state index is -0.0823. The number of hydrogen-bond donors (Lipinski definition) is 0. The van der Waals surface area contributed by atoms with Gasteiger partial charge in [0.25, 0.3) is 0 Å². The average Bonchev–Trinajstić information content (AvgIpc) is 3.91. The second-order valence-electron chi connectivity index (χ2n) is 17.0. The molecular weight excluding hydrogens is 741 g/mol. The largest absolute Gasteiger partial charge is 0.309 e. The summed E-state index contributed by atoms with van der Waals surface area (Å²) in [5, 5.41) is 8.10. The van der Waals surface area contributed by atoms with Gasteiger partial charge in [-0.25, -0.2) is 9.97 Å². The predicted molar refractivity (Wildman–Crippen MR) is 254 cm³/mol. The van der Waals surface area contributed by atoms with Crippen molar-refractivity contribution >= 4 is 65.3 Å². The molecule has 3 aromatic heterocycles. The molecule has 0 bridgehead atoms. The second kappa shape index (κ2) is 12.6. The van der Waals surface area contributed by atoms with E-state index in [9.17, 15) is 0 Å². The van der Waals surface area contributed by atoms with Crippen LogP contribution in [-0.4, -0.2) is 19.1 Å². The van der Waals surface area contributed by atoms with Gasteiger partial charge < -0.3 is 4.57 Å². The Morgan fingerprint density at radius 2 is 1.03 bits per heavy atom. The zero-order valence-corrected chi connectivity index (χ0v) is 33.8. The van der Waals surface area contributed by atoms with E-state index in [4.69, 9.17) is 9.97 Å². The van der Waals surface area contributed by atoms with Crippen LogP contribution >= 0.6 is 0 Å². The molecule has 1 aliphatic rings. The summed E-state index contributed by atoms with van der Waals surface area (Å²) in [5.74, 6) is 0.655. The average molecular weight is 779 g/mol. The monoisotopic (exact) mass is 778 g/mol. The normalized spacial score (nSPS) is 13.2. The Kier molecular flexibility index (Phi) is 7.04. The molecule has 9 aromatic carbocycles. The molecule has 0 fully saturated rings. The van der Waals surface area contributed by atoms with Crippen molar-refractivity contribution in [1.82, 2.24) is 19.1 Å². The predicted octanol–water partition coefficient (Wildman–Crippen LogP) is 14.6. The first-order valence-electron chi connectivity index (χ1n) is 21.1. The molecule has 4 heteroatoms. The Bertz CT molecular complexity index is 3790. The first kappa shape index (κ1) is 34.1. The van der Waals surface area contributed by atoms with Crippen LogP contribution in [0.4, 0.5) is 0 Å². The van der Waals surface area contributed by atoms with Crippen molar-refractivity contribution in [2.24, 2.45) is 0 Å². The Balaban J connectivity index is 1.09. The fourth-order valence-corrected chi connectivity index (χ4v) is 10.5. The minimum Gasteiger partial charge on any atom is -0.309 e. The quantitative estimate of drug-likeness (QED) is 0.167. The third kappa shape index (κ3) is 4.82. The van der Waals surface area contributed by atoms with Crippen molar-refractivity contribution < 1.29 is 0 Å². The first-order chi connectivity index (χ1) is 30.0. The van der Waals surface area contributed by atoms with E-state index < -0.39 is 0 Å². The van der Waals surface area contributed by atoms with Gasteiger partial charge >= 0.3 is 0 Å². The van der Waals surface area contributed by atoms with E-state index in [2.05, 4.69) is 217 Å². The van der Waals surface area contributed by atoms with Gasteiger partial charge in [-0.1, -0.05) is 159 Å². The van der Waals surface area contributed by atoms with E-state index in [0.29, 0.717) is 5.95 Å². The molecule has 0 radical (unpaired) electrons. The molecule has 12 aromatic rings. The van der Waals surface area contributed by atoms with Crippen molar-refractivity contribution in [2.75, 3.05) is 0 Å². The lowest BCUT2D eigenvalue weighted by atomic mass is 9.82. The van der Waals surface area contributed by atoms with Crippen LogP contribution in [0.25, 0.3) is 110 Å². The molecule has 0 aliphatic heterocycles. The molecule has 0 spiro atoms. The second-order valence-corrected chi connectivity index (χ2v) is 17.0. The summed E-state index contributed by atoms with van der Waals surface area (Å²) in [7, 11) is 0. The van der Waals surface area contributed by atoms with E-state index in [0.717, 1.165) is 60.6 Å². The molecule has 0 amide bonds. The Morgan fingerprint density at radius 3 is 1.90 bits per heavy atom. The van der Waals surface area contributed by atoms with E-state index in [1.54, 1.807) is 0 Å². The molecule has 0 saturated heterocycles. The van der Waals surface area contributed by atoms with Gasteiger partial charge in [-0.15, -0.1) is 0 Å². The first-order valence-corrected chi connectivity index (χ1v) is 21.1. The highest BCUT2D eigenvalue weighted by Crippen LogP contribution is 2.50. The zero-order chi connectivity index (χ0) is 40.4. The lowest BCUT2D eigenvalue weighted by molar-refractivity contribution is 0.660. The van der Waals surface area contributed by atoms with Gasteiger partial charge in [0.1, 0.15) is 0 Å². The smallest absolute Gasteiger partial charge is 0.235 e. The third-order valence-electron chi connectivity index (χ3n) is 13.3. The van der Waals surface area contributed by atoms with Crippen LogP contribution in [0.3, 0.4) is 0 Å². The van der Waals surface area contributed by atoms with Gasteiger partial charge in [0.15, 0.2) is 0 Å². The van der Waals surface area contributed by atoms with Crippen LogP contribution in [0.5, 0.6) is 0 Å². The minimum absolute atomic E-state index is 0.0823. The van der Waals surface area contributed by atoms with Crippen molar-refractivity contribution in [2.45, 2.75) is 19.3 Å². The maximum absolute atomic E-state index is 5.62. The standard InChI is InChI=1S/C57H38N4/c1-57(2)47-23-11-8-19-41(47)46-33-37(29-32-48(46)57)54-45-31-27-35-15-6-7-18-40(35)55(45)59-56(58-54)61-49-24-12-9-20-42(49)43-30-28-36(34-52(43)61)39-22-14-26-51-53(39)44-21-10-13-25-50(44)60(51)38-16-4-3-5-17-38/h3-34H,1-2H3. The van der Waals surface area contributed by atoms with Crippen molar-refractivity contribution in [3.05, 3.63) is 205 Å². The summed E-state index contributed by atoms with van der Waals surface area (Å²) in [5.41, 5.74) is 16.1. The lowest BCUT2D eigenvalue weighted by Crippen LogP contribution is -2.14. The number of rotatable bonds is 4. The van der Waals surface area contributed by atoms with Gasteiger partial charge in [0.2, 0.25) is 5.95 Å². The maximum Gasteiger partial charge on any atom is 0.235 e. The Morgan fingerprint density at radius 1 is 0.393 bits per heavy atom. The van der Waals surface area contributed by atoms with E-state index in [-0.39, 0.29) is 5.41 Å². The highest BCUT2D eigenvalue weighted by atomic mass is 15.2. The van der Waals surface area contributed by atoms with Gasteiger partial charge in [0, 0.05) is 49.0 Å². The topological polar surface area (TPSA) is 35.6 Å². The summed E-state index contributed by atoms with van der Waals surface area (Å²) in [4.78, 5) is 11.2. The lowest BCUT2D eigenvalue weighted by Gasteiger charge is -2.21. The molecule has 0 N–H and O–H groups in total. The number of benzene rings is 9. The van der Waals surface area contributed by atoms with E-state index in [1.807, 2.05) is 0 Å². The number of nitrogens with zero attached hydrogens (tertiary/aromatic N) is 4. The fourth-order valence-electron chi connectivity index (χ4n) is 10.5. The molecule has 286 valence electrons. The van der Waals surface area contributed by atoms with Gasteiger partial charge in [-0.3, -0.25) is 4.57 Å². The summed E-state index contributed by atoms with van der Waals surface area (Å²) >= 11 is 0. The van der Waals surface area contributed by atoms with Crippen LogP contribution in [0.2, 0.25) is 0 Å². The summed E-state index contributed by atoms with van der Waals surface area (Å²) in [6.07, 6.45) is 0. The maximum atomic E-state index is 5.62. The number of fused-ring (bicyclic) bond motifs is 12. The highest BCUT2D eigenvalue weighted by molar-refractivity contribution is 6.17. The van der Waals surface area contributed by atoms with Crippen LogP contribution in [0.1, 0.15) is 25.0 Å². The molecule has 61 heavy (non-hydrogen) atoms. The van der Waals surface area contributed by atoms with E-state index in [1.165, 1.54) is 55.0 Å². The third-order valence-corrected chi connectivity index (χ3v) is 13.3. The molecule has 4 nitrogen and oxygen atoms in total. The molecule has 13 rings (SSSR count). The van der Waals surface area contributed by atoms with Crippen molar-refractivity contribution in [3.63, 3.8) is 0 Å². The van der Waals surface area contributed by atoms with Crippen LogP contribution in [0, 0.1) is 0 Å². The zero-order valence-electron chi connectivity index (χ0n) is 33.8. The summed E-state index contributed by atoms with van der Waals surface area (Å²) in [6, 6.07) is 70.5. The SMILES string of the molecule is CC1(C)c2ccccc2-c2cc(-c3nc(-n4c5ccccc5c5ccc(-c6cccc7c6c6ccccc6n7-c6ccccc6)cc54)nc4c3ccc3ccccc34)ccc21. The van der Waals surface area contributed by atoms with Crippen molar-refractivity contribution in [3.8, 4) is 45.1 Å². The van der Waals surface area contributed by atoms with Crippen LogP contribution < -0.4 is 0 Å².